The molecule has 0 amide bonds. The first kappa shape index (κ1) is 13.1. The van der Waals surface area contributed by atoms with E-state index in [2.05, 4.69) is 4.98 Å². The molecule has 3 aromatic rings. The molecule has 2 aromatic heterocycles. The van der Waals surface area contributed by atoms with Gasteiger partial charge in [-0.2, -0.15) is 0 Å². The number of benzene rings is 1. The van der Waals surface area contributed by atoms with Gasteiger partial charge >= 0.3 is 0 Å². The van der Waals surface area contributed by atoms with Crippen molar-refractivity contribution in [1.29, 1.82) is 0 Å². The highest BCUT2D eigenvalue weighted by atomic mass is 32.1. The van der Waals surface area contributed by atoms with Gasteiger partial charge in [0.2, 0.25) is 0 Å². The van der Waals surface area contributed by atoms with Crippen molar-refractivity contribution in [3.63, 3.8) is 0 Å². The lowest BCUT2D eigenvalue weighted by Gasteiger charge is -2.09. The van der Waals surface area contributed by atoms with Crippen LogP contribution in [0.2, 0.25) is 0 Å². The van der Waals surface area contributed by atoms with Crippen molar-refractivity contribution >= 4 is 33.8 Å². The van der Waals surface area contributed by atoms with E-state index >= 15 is 0 Å². The molecule has 1 aromatic carbocycles. The van der Waals surface area contributed by atoms with Crippen molar-refractivity contribution in [2.24, 2.45) is 0 Å². The van der Waals surface area contributed by atoms with Gasteiger partial charge in [-0.25, -0.2) is 4.57 Å². The van der Waals surface area contributed by atoms with E-state index in [0.717, 1.165) is 15.3 Å². The topological polar surface area (TPSA) is 58.0 Å². The standard InChI is InChI=1S/C14H12N2O2S2/c1-7-3-4-11(17)10(5-7)16-13(18)9-6-8(2)20-12(9)15-14(16)19/h3-6,17H,1-2H3,(H,15,19). The molecule has 0 aliphatic carbocycles. The van der Waals surface area contributed by atoms with Crippen LogP contribution >= 0.6 is 23.6 Å². The molecule has 0 bridgehead atoms. The summed E-state index contributed by atoms with van der Waals surface area (Å²) in [6.45, 7) is 3.84. The predicted molar refractivity (Wildman–Crippen MR) is 83.7 cm³/mol. The Hall–Kier alpha value is -1.92. The zero-order chi connectivity index (χ0) is 14.4. The van der Waals surface area contributed by atoms with E-state index < -0.39 is 0 Å². The Labute approximate surface area is 124 Å². The zero-order valence-electron chi connectivity index (χ0n) is 10.9. The highest BCUT2D eigenvalue weighted by molar-refractivity contribution is 7.71. The molecule has 0 atom stereocenters. The summed E-state index contributed by atoms with van der Waals surface area (Å²) in [5, 5.41) is 10.6. The smallest absolute Gasteiger partial charge is 0.267 e. The fourth-order valence-corrected chi connectivity index (χ4v) is 3.41. The van der Waals surface area contributed by atoms with E-state index in [0.29, 0.717) is 11.1 Å². The Bertz CT molecular complexity index is 934. The summed E-state index contributed by atoms with van der Waals surface area (Å²) in [5.41, 5.74) is 1.14. The molecular weight excluding hydrogens is 292 g/mol. The first-order valence-corrected chi connectivity index (χ1v) is 7.25. The van der Waals surface area contributed by atoms with E-state index in [1.54, 1.807) is 18.2 Å². The fraction of sp³-hybridized carbons (Fsp3) is 0.143. The largest absolute Gasteiger partial charge is 0.506 e. The zero-order valence-corrected chi connectivity index (χ0v) is 12.6. The average Bonchev–Trinajstić information content (AvgIpc) is 2.74. The number of aromatic amines is 1. The van der Waals surface area contributed by atoms with Crippen molar-refractivity contribution < 1.29 is 5.11 Å². The maximum absolute atomic E-state index is 12.6. The third-order valence-electron chi connectivity index (χ3n) is 3.08. The lowest BCUT2D eigenvalue weighted by Crippen LogP contribution is -2.19. The summed E-state index contributed by atoms with van der Waals surface area (Å²) < 4.78 is 1.62. The van der Waals surface area contributed by atoms with Crippen LogP contribution in [0.25, 0.3) is 15.9 Å². The normalized spacial score (nSPS) is 11.1. The number of thiophene rings is 1. The maximum Gasteiger partial charge on any atom is 0.267 e. The Morgan fingerprint density at radius 2 is 2.05 bits per heavy atom. The van der Waals surface area contributed by atoms with Crippen LogP contribution in [-0.4, -0.2) is 14.7 Å². The Kier molecular flexibility index (Phi) is 2.99. The van der Waals surface area contributed by atoms with E-state index in [1.807, 2.05) is 19.9 Å². The van der Waals surface area contributed by atoms with Gasteiger partial charge in [0, 0.05) is 4.88 Å². The summed E-state index contributed by atoms with van der Waals surface area (Å²) in [5.74, 6) is 0.0310. The van der Waals surface area contributed by atoms with Gasteiger partial charge in [-0.1, -0.05) is 6.07 Å². The number of nitrogens with zero attached hydrogens (tertiary/aromatic N) is 1. The van der Waals surface area contributed by atoms with E-state index in [9.17, 15) is 9.90 Å². The van der Waals surface area contributed by atoms with Crippen molar-refractivity contribution in [3.8, 4) is 11.4 Å². The fourth-order valence-electron chi connectivity index (χ4n) is 2.16. The van der Waals surface area contributed by atoms with Gasteiger partial charge in [0.1, 0.15) is 10.6 Å². The number of phenolic OH excluding ortho intramolecular Hbond substituents is 1. The Morgan fingerprint density at radius 1 is 1.30 bits per heavy atom. The second kappa shape index (κ2) is 4.57. The van der Waals surface area contributed by atoms with Crippen LogP contribution < -0.4 is 5.56 Å². The summed E-state index contributed by atoms with van der Waals surface area (Å²) in [6, 6.07) is 6.92. The number of aryl methyl sites for hydroxylation is 2. The molecule has 6 heteroatoms. The quantitative estimate of drug-likeness (QED) is 0.677. The number of rotatable bonds is 1. The molecule has 4 nitrogen and oxygen atoms in total. The molecule has 0 unspecified atom stereocenters. The number of aromatic hydroxyl groups is 1. The third-order valence-corrected chi connectivity index (χ3v) is 4.33. The van der Waals surface area contributed by atoms with Crippen LogP contribution in [0.3, 0.4) is 0 Å². The number of nitrogens with one attached hydrogen (secondary N) is 1. The molecule has 20 heavy (non-hydrogen) atoms. The highest BCUT2D eigenvalue weighted by Gasteiger charge is 2.12. The predicted octanol–water partition coefficient (Wildman–Crippen LogP) is 3.43. The minimum Gasteiger partial charge on any atom is -0.506 e. The summed E-state index contributed by atoms with van der Waals surface area (Å²) in [7, 11) is 0. The molecule has 0 fully saturated rings. The van der Waals surface area contributed by atoms with Gasteiger partial charge in [0.05, 0.1) is 11.1 Å². The second-order valence-electron chi connectivity index (χ2n) is 4.66. The minimum absolute atomic E-state index is 0.0310. The highest BCUT2D eigenvalue weighted by Crippen LogP contribution is 2.24. The lowest BCUT2D eigenvalue weighted by atomic mass is 10.2. The Balaban J connectivity index is 2.45. The molecule has 0 spiro atoms. The molecule has 0 saturated carbocycles. The number of phenols is 1. The van der Waals surface area contributed by atoms with Gasteiger partial charge in [-0.05, 0) is 49.8 Å². The first-order valence-electron chi connectivity index (χ1n) is 6.03. The molecule has 0 aliphatic heterocycles. The van der Waals surface area contributed by atoms with E-state index in [1.165, 1.54) is 15.9 Å². The number of hydrogen-bond donors (Lipinski definition) is 2. The van der Waals surface area contributed by atoms with Gasteiger partial charge in [-0.3, -0.25) is 4.79 Å². The van der Waals surface area contributed by atoms with E-state index in [4.69, 9.17) is 12.2 Å². The van der Waals surface area contributed by atoms with Crippen LogP contribution in [0.5, 0.6) is 5.75 Å². The van der Waals surface area contributed by atoms with E-state index in [-0.39, 0.29) is 16.1 Å². The summed E-state index contributed by atoms with van der Waals surface area (Å²) in [6.07, 6.45) is 0. The lowest BCUT2D eigenvalue weighted by molar-refractivity contribution is 0.471. The van der Waals surface area contributed by atoms with Crippen LogP contribution in [-0.2, 0) is 0 Å². The third kappa shape index (κ3) is 1.97. The Morgan fingerprint density at radius 3 is 2.80 bits per heavy atom. The van der Waals surface area contributed by atoms with Crippen molar-refractivity contribution in [2.75, 3.05) is 0 Å². The molecule has 0 aliphatic rings. The van der Waals surface area contributed by atoms with Crippen molar-refractivity contribution in [3.05, 3.63) is 49.8 Å². The van der Waals surface area contributed by atoms with Crippen LogP contribution in [0.1, 0.15) is 10.4 Å². The van der Waals surface area contributed by atoms with Crippen molar-refractivity contribution in [2.45, 2.75) is 13.8 Å². The van der Waals surface area contributed by atoms with Crippen molar-refractivity contribution in [1.82, 2.24) is 9.55 Å². The molecular formula is C14H12N2O2S2. The molecule has 2 heterocycles. The molecule has 0 saturated heterocycles. The minimum atomic E-state index is -0.214. The molecule has 102 valence electrons. The van der Waals surface area contributed by atoms with Crippen LogP contribution in [0.15, 0.2) is 29.1 Å². The second-order valence-corrected chi connectivity index (χ2v) is 6.31. The number of H-pyrrole nitrogens is 1. The van der Waals surface area contributed by atoms with Crippen LogP contribution in [0.4, 0.5) is 0 Å². The monoisotopic (exact) mass is 304 g/mol. The van der Waals surface area contributed by atoms with Gasteiger partial charge < -0.3 is 10.1 Å². The first-order chi connectivity index (χ1) is 9.47. The summed E-state index contributed by atoms with van der Waals surface area (Å²) in [4.78, 5) is 17.4. The molecule has 2 N–H and O–H groups in total. The number of hydrogen-bond acceptors (Lipinski definition) is 4. The SMILES string of the molecule is Cc1ccc(O)c(-n2c(=S)[nH]c3sc(C)cc3c2=O)c1. The number of aromatic nitrogens is 2. The average molecular weight is 304 g/mol. The molecule has 0 radical (unpaired) electrons. The van der Waals surface area contributed by atoms with Gasteiger partial charge in [0.15, 0.2) is 4.77 Å². The van der Waals surface area contributed by atoms with Gasteiger partial charge in [-0.15, -0.1) is 11.3 Å². The maximum atomic E-state index is 12.6. The summed E-state index contributed by atoms with van der Waals surface area (Å²) >= 11 is 6.76. The molecule has 3 rings (SSSR count). The van der Waals surface area contributed by atoms with Gasteiger partial charge in [0.25, 0.3) is 5.56 Å². The number of fused-ring (bicyclic) bond motifs is 1. The van der Waals surface area contributed by atoms with Crippen LogP contribution in [0, 0.1) is 18.6 Å².